The number of ether oxygens (including phenoxy) is 1. The summed E-state index contributed by atoms with van der Waals surface area (Å²) < 4.78 is 5.00. The van der Waals surface area contributed by atoms with Crippen molar-refractivity contribution in [3.8, 4) is 16.9 Å². The number of carboxylic acid groups (broad SMARTS) is 1. The van der Waals surface area contributed by atoms with Crippen LogP contribution < -0.4 is 10.2 Å². The van der Waals surface area contributed by atoms with Gasteiger partial charge in [-0.2, -0.15) is 0 Å². The maximum absolute atomic E-state index is 12.3. The number of carboxylic acids is 1. The Balaban J connectivity index is 1.32. The molecule has 1 atom stereocenters. The lowest BCUT2D eigenvalue weighted by Crippen LogP contribution is -2.34. The number of carbonyl (C=O) groups excluding carboxylic acids is 1. The molecular formula is C30H36N4O6. The molecular weight excluding hydrogens is 512 g/mol. The van der Waals surface area contributed by atoms with E-state index in [0.29, 0.717) is 36.9 Å². The Kier molecular flexibility index (Phi) is 9.68. The average Bonchev–Trinajstić information content (AvgIpc) is 2.94. The molecule has 0 saturated carbocycles. The van der Waals surface area contributed by atoms with E-state index in [0.717, 1.165) is 48.3 Å². The molecule has 2 aromatic carbocycles. The molecule has 1 aromatic heterocycles. The van der Waals surface area contributed by atoms with Crippen LogP contribution in [0.2, 0.25) is 0 Å². The predicted molar refractivity (Wildman–Crippen MR) is 151 cm³/mol. The summed E-state index contributed by atoms with van der Waals surface area (Å²) in [5.74, 6) is -1.44. The van der Waals surface area contributed by atoms with Crippen molar-refractivity contribution in [2.45, 2.75) is 38.7 Å². The number of amides is 1. The number of rotatable bonds is 11. The Hall–Kier alpha value is -4.02. The van der Waals surface area contributed by atoms with Crippen molar-refractivity contribution in [3.63, 3.8) is 0 Å². The Morgan fingerprint density at radius 3 is 2.27 bits per heavy atom. The number of aromatic nitrogens is 2. The van der Waals surface area contributed by atoms with Crippen LogP contribution in [0.5, 0.6) is 5.75 Å². The van der Waals surface area contributed by atoms with Crippen molar-refractivity contribution >= 4 is 17.6 Å². The highest BCUT2D eigenvalue weighted by molar-refractivity contribution is 5.96. The van der Waals surface area contributed by atoms with Crippen LogP contribution in [-0.4, -0.2) is 76.6 Å². The van der Waals surface area contributed by atoms with Gasteiger partial charge in [-0.15, -0.1) is 0 Å². The molecule has 0 aliphatic carbocycles. The lowest BCUT2D eigenvalue weighted by molar-refractivity contribution is -0.135. The molecule has 0 bridgehead atoms. The van der Waals surface area contributed by atoms with Gasteiger partial charge in [-0.3, -0.25) is 9.59 Å². The molecule has 0 radical (unpaired) electrons. The number of aliphatic hydroxyl groups is 1. The number of aliphatic hydroxyl groups excluding tert-OH is 1. The fourth-order valence-electron chi connectivity index (χ4n) is 4.99. The van der Waals surface area contributed by atoms with E-state index in [4.69, 9.17) is 9.84 Å². The number of benzene rings is 2. The van der Waals surface area contributed by atoms with Crippen LogP contribution >= 0.6 is 0 Å². The third-order valence-corrected chi connectivity index (χ3v) is 7.16. The zero-order valence-corrected chi connectivity index (χ0v) is 22.8. The van der Waals surface area contributed by atoms with Crippen LogP contribution in [0.25, 0.3) is 11.1 Å². The number of methoxy groups -OCH3 is 1. The molecule has 4 N–H and O–H groups in total. The van der Waals surface area contributed by atoms with Crippen molar-refractivity contribution < 1.29 is 29.6 Å². The molecule has 10 nitrogen and oxygen atoms in total. The predicted octanol–water partition coefficient (Wildman–Crippen LogP) is 2.98. The van der Waals surface area contributed by atoms with Gasteiger partial charge in [0, 0.05) is 38.7 Å². The molecule has 2 heterocycles. The number of carbonyl (C=O) groups is 2. The Labute approximate surface area is 233 Å². The van der Waals surface area contributed by atoms with Gasteiger partial charge >= 0.3 is 5.97 Å². The Morgan fingerprint density at radius 2 is 1.68 bits per heavy atom. The van der Waals surface area contributed by atoms with Crippen molar-refractivity contribution in [2.75, 3.05) is 38.3 Å². The third-order valence-electron chi connectivity index (χ3n) is 7.16. The minimum atomic E-state index is -1.18. The third kappa shape index (κ3) is 7.55. The molecule has 40 heavy (non-hydrogen) atoms. The average molecular weight is 549 g/mol. The molecule has 3 aromatic rings. The molecule has 10 heteroatoms. The van der Waals surface area contributed by atoms with Crippen molar-refractivity contribution in [3.05, 3.63) is 71.3 Å². The number of nitrogens with zero attached hydrogens (tertiary/aromatic N) is 3. The largest absolute Gasteiger partial charge is 0.504 e. The number of anilines is 1. The smallest absolute Gasteiger partial charge is 0.322 e. The number of aryl methyl sites for hydroxylation is 1. The number of piperidine rings is 1. The lowest BCUT2D eigenvalue weighted by Gasteiger charge is -2.33. The highest BCUT2D eigenvalue weighted by atomic mass is 16.5. The fourth-order valence-corrected chi connectivity index (χ4v) is 4.99. The molecule has 1 amide bonds. The zero-order chi connectivity index (χ0) is 28.6. The maximum atomic E-state index is 12.3. The second-order valence-electron chi connectivity index (χ2n) is 10.2. The van der Waals surface area contributed by atoms with Gasteiger partial charge in [0.1, 0.15) is 12.4 Å². The van der Waals surface area contributed by atoms with Gasteiger partial charge in [0.25, 0.3) is 5.91 Å². The fraction of sp³-hybridized carbons (Fsp3) is 0.400. The van der Waals surface area contributed by atoms with Gasteiger partial charge in [-0.25, -0.2) is 9.97 Å². The second kappa shape index (κ2) is 13.4. The van der Waals surface area contributed by atoms with Crippen LogP contribution in [0.3, 0.4) is 0 Å². The number of aliphatic carboxylic acids is 1. The minimum Gasteiger partial charge on any atom is -0.504 e. The normalized spacial score (nSPS) is 14.6. The molecule has 1 fully saturated rings. The van der Waals surface area contributed by atoms with Gasteiger partial charge in [-0.1, -0.05) is 36.4 Å². The van der Waals surface area contributed by atoms with Crippen molar-refractivity contribution in [1.29, 1.82) is 0 Å². The lowest BCUT2D eigenvalue weighted by atomic mass is 9.92. The SMILES string of the molecule is COCC(O)Cc1ccc(-c2ccc(N3CCC(Cc4nc(C)c(O)c(C(=O)NCC(=O)O)n4)CC3)cc2)cc1. The van der Waals surface area contributed by atoms with E-state index >= 15 is 0 Å². The molecule has 0 spiro atoms. The van der Waals surface area contributed by atoms with Crippen LogP contribution in [0.1, 0.15) is 40.4 Å². The molecule has 1 unspecified atom stereocenters. The number of aromatic hydroxyl groups is 1. The van der Waals surface area contributed by atoms with E-state index in [1.54, 1.807) is 14.0 Å². The monoisotopic (exact) mass is 548 g/mol. The van der Waals surface area contributed by atoms with Gasteiger partial charge < -0.3 is 30.3 Å². The summed E-state index contributed by atoms with van der Waals surface area (Å²) in [5.41, 5.74) is 4.58. The first-order valence-electron chi connectivity index (χ1n) is 13.4. The quantitative estimate of drug-likeness (QED) is 0.284. The van der Waals surface area contributed by atoms with Crippen LogP contribution in [0.15, 0.2) is 48.5 Å². The summed E-state index contributed by atoms with van der Waals surface area (Å²) in [6.45, 7) is 3.13. The Morgan fingerprint density at radius 1 is 1.05 bits per heavy atom. The first-order valence-corrected chi connectivity index (χ1v) is 13.4. The highest BCUT2D eigenvalue weighted by Crippen LogP contribution is 2.29. The van der Waals surface area contributed by atoms with E-state index in [2.05, 4.69) is 56.6 Å². The van der Waals surface area contributed by atoms with Crippen molar-refractivity contribution in [2.24, 2.45) is 5.92 Å². The van der Waals surface area contributed by atoms with Gasteiger partial charge in [-0.05, 0) is 54.5 Å². The topological polar surface area (TPSA) is 145 Å². The van der Waals surface area contributed by atoms with E-state index in [9.17, 15) is 19.8 Å². The summed E-state index contributed by atoms with van der Waals surface area (Å²) in [4.78, 5) is 34.0. The van der Waals surface area contributed by atoms with E-state index in [-0.39, 0.29) is 11.4 Å². The van der Waals surface area contributed by atoms with E-state index in [1.807, 2.05) is 12.1 Å². The maximum Gasteiger partial charge on any atom is 0.322 e. The highest BCUT2D eigenvalue weighted by Gasteiger charge is 2.23. The molecule has 212 valence electrons. The number of nitrogens with one attached hydrogen (secondary N) is 1. The van der Waals surface area contributed by atoms with Gasteiger partial charge in [0.2, 0.25) is 0 Å². The first kappa shape index (κ1) is 29.0. The first-order chi connectivity index (χ1) is 19.2. The van der Waals surface area contributed by atoms with Crippen LogP contribution in [0.4, 0.5) is 5.69 Å². The zero-order valence-electron chi connectivity index (χ0n) is 22.8. The Bertz CT molecular complexity index is 1310. The standard InChI is InChI=1S/C30H36N4O6/c1-19-29(38)28(30(39)31-17-27(36)37)33-26(32-19)16-21-11-13-34(14-12-21)24-9-7-23(8-10-24)22-5-3-20(4-6-22)15-25(35)18-40-2/h3-10,21,25,35,38H,11-18H2,1-2H3,(H,31,39)(H,36,37). The van der Waals surface area contributed by atoms with E-state index in [1.165, 1.54) is 0 Å². The minimum absolute atomic E-state index is 0.195. The summed E-state index contributed by atoms with van der Waals surface area (Å²) in [7, 11) is 1.58. The van der Waals surface area contributed by atoms with Crippen molar-refractivity contribution in [1.82, 2.24) is 15.3 Å². The molecule has 1 aliphatic rings. The second-order valence-corrected chi connectivity index (χ2v) is 10.2. The molecule has 4 rings (SSSR count). The van der Waals surface area contributed by atoms with Gasteiger partial charge in [0.05, 0.1) is 18.4 Å². The molecule has 1 saturated heterocycles. The van der Waals surface area contributed by atoms with Gasteiger partial charge in [0.15, 0.2) is 11.4 Å². The van der Waals surface area contributed by atoms with Crippen LogP contribution in [0, 0.1) is 12.8 Å². The summed E-state index contributed by atoms with van der Waals surface area (Å²) in [5, 5.41) is 31.2. The summed E-state index contributed by atoms with van der Waals surface area (Å²) in [6, 6.07) is 16.8. The number of hydrogen-bond acceptors (Lipinski definition) is 8. The van der Waals surface area contributed by atoms with Crippen LogP contribution in [-0.2, 0) is 22.4 Å². The van der Waals surface area contributed by atoms with E-state index < -0.39 is 24.5 Å². The number of hydrogen-bond donors (Lipinski definition) is 4. The summed E-state index contributed by atoms with van der Waals surface area (Å²) in [6.07, 6.45) is 2.49. The summed E-state index contributed by atoms with van der Waals surface area (Å²) >= 11 is 0. The molecule has 1 aliphatic heterocycles.